The van der Waals surface area contributed by atoms with Crippen LogP contribution in [0.5, 0.6) is 5.75 Å². The Bertz CT molecular complexity index is 323. The Morgan fingerprint density at radius 2 is 2.00 bits per heavy atom. The van der Waals surface area contributed by atoms with Crippen LogP contribution in [0.25, 0.3) is 0 Å². The third-order valence-corrected chi connectivity index (χ3v) is 2.01. The maximum absolute atomic E-state index is 10.8. The zero-order valence-electron chi connectivity index (χ0n) is 10.7. The van der Waals surface area contributed by atoms with E-state index in [9.17, 15) is 4.79 Å². The molecule has 90 valence electrons. The summed E-state index contributed by atoms with van der Waals surface area (Å²) in [4.78, 5) is 10.8. The predicted octanol–water partition coefficient (Wildman–Crippen LogP) is 2.92. The molecule has 0 saturated carbocycles. The number of amides is 1. The van der Waals surface area contributed by atoms with Crippen molar-refractivity contribution in [1.29, 1.82) is 0 Å². The van der Waals surface area contributed by atoms with Gasteiger partial charge in [-0.1, -0.05) is 26.0 Å². The SMILES string of the molecule is CC.COc1cccc(C(C)NC(C)=O)c1. The minimum atomic E-state index is -0.0275. The fourth-order valence-electron chi connectivity index (χ4n) is 1.30. The van der Waals surface area contributed by atoms with E-state index in [1.807, 2.05) is 45.0 Å². The minimum absolute atomic E-state index is 0.0163. The van der Waals surface area contributed by atoms with Crippen LogP contribution < -0.4 is 10.1 Å². The average molecular weight is 223 g/mol. The summed E-state index contributed by atoms with van der Waals surface area (Å²) in [5, 5.41) is 2.82. The molecule has 0 saturated heterocycles. The van der Waals surface area contributed by atoms with Crippen molar-refractivity contribution in [2.75, 3.05) is 7.11 Å². The summed E-state index contributed by atoms with van der Waals surface area (Å²) in [5.74, 6) is 0.778. The lowest BCUT2D eigenvalue weighted by Gasteiger charge is -2.13. The van der Waals surface area contributed by atoms with E-state index < -0.39 is 0 Å². The smallest absolute Gasteiger partial charge is 0.217 e. The molecule has 0 aliphatic rings. The standard InChI is InChI=1S/C11H15NO2.C2H6/c1-8(12-9(2)13)10-5-4-6-11(7-10)14-3;1-2/h4-8H,1-3H3,(H,12,13);1-2H3. The highest BCUT2D eigenvalue weighted by molar-refractivity contribution is 5.73. The first kappa shape index (κ1) is 14.5. The second kappa shape index (κ2) is 7.74. The Morgan fingerprint density at radius 3 is 2.50 bits per heavy atom. The molecule has 1 aromatic rings. The van der Waals surface area contributed by atoms with Crippen LogP contribution in [-0.2, 0) is 4.79 Å². The van der Waals surface area contributed by atoms with Crippen LogP contribution >= 0.6 is 0 Å². The molecule has 1 aromatic carbocycles. The number of ether oxygens (including phenoxy) is 1. The topological polar surface area (TPSA) is 38.3 Å². The molecule has 0 aliphatic heterocycles. The van der Waals surface area contributed by atoms with Crippen LogP contribution in [0.2, 0.25) is 0 Å². The van der Waals surface area contributed by atoms with E-state index in [1.54, 1.807) is 7.11 Å². The highest BCUT2D eigenvalue weighted by Crippen LogP contribution is 2.18. The van der Waals surface area contributed by atoms with Gasteiger partial charge in [0.1, 0.15) is 5.75 Å². The summed E-state index contributed by atoms with van der Waals surface area (Å²) in [6, 6.07) is 7.68. The van der Waals surface area contributed by atoms with E-state index in [2.05, 4.69) is 5.32 Å². The van der Waals surface area contributed by atoms with Gasteiger partial charge >= 0.3 is 0 Å². The van der Waals surface area contributed by atoms with Gasteiger partial charge in [-0.05, 0) is 24.6 Å². The van der Waals surface area contributed by atoms with E-state index in [0.29, 0.717) is 0 Å². The monoisotopic (exact) mass is 223 g/mol. The zero-order valence-corrected chi connectivity index (χ0v) is 10.7. The molecule has 0 fully saturated rings. The lowest BCUT2D eigenvalue weighted by molar-refractivity contribution is -0.119. The van der Waals surface area contributed by atoms with Crippen molar-refractivity contribution in [2.45, 2.75) is 33.7 Å². The predicted molar refractivity (Wildman–Crippen MR) is 66.6 cm³/mol. The number of rotatable bonds is 3. The lowest BCUT2D eigenvalue weighted by Crippen LogP contribution is -2.23. The molecule has 16 heavy (non-hydrogen) atoms. The number of nitrogens with one attached hydrogen (secondary N) is 1. The molecule has 0 heterocycles. The third-order valence-electron chi connectivity index (χ3n) is 2.01. The third kappa shape index (κ3) is 4.82. The second-order valence-corrected chi connectivity index (χ2v) is 3.20. The van der Waals surface area contributed by atoms with Gasteiger partial charge < -0.3 is 10.1 Å². The number of hydrogen-bond donors (Lipinski definition) is 1. The molecule has 0 bridgehead atoms. The number of carbonyl (C=O) groups excluding carboxylic acids is 1. The number of methoxy groups -OCH3 is 1. The molecule has 3 heteroatoms. The molecule has 0 aliphatic carbocycles. The number of benzene rings is 1. The maximum atomic E-state index is 10.8. The first-order chi connectivity index (χ1) is 7.63. The Hall–Kier alpha value is -1.51. The minimum Gasteiger partial charge on any atom is -0.497 e. The van der Waals surface area contributed by atoms with Crippen molar-refractivity contribution >= 4 is 5.91 Å². The van der Waals surface area contributed by atoms with Crippen LogP contribution in [0.15, 0.2) is 24.3 Å². The van der Waals surface area contributed by atoms with Gasteiger partial charge in [0.05, 0.1) is 13.2 Å². The summed E-state index contributed by atoms with van der Waals surface area (Å²) < 4.78 is 5.10. The normalized spacial score (nSPS) is 10.8. The molecule has 1 N–H and O–H groups in total. The average Bonchev–Trinajstić information content (AvgIpc) is 2.31. The van der Waals surface area contributed by atoms with Crippen LogP contribution in [0.3, 0.4) is 0 Å². The molecule has 1 atom stereocenters. The van der Waals surface area contributed by atoms with Crippen molar-refractivity contribution in [3.8, 4) is 5.75 Å². The van der Waals surface area contributed by atoms with Crippen molar-refractivity contribution < 1.29 is 9.53 Å². The zero-order chi connectivity index (χ0) is 12.6. The fraction of sp³-hybridized carbons (Fsp3) is 0.462. The highest BCUT2D eigenvalue weighted by Gasteiger charge is 2.06. The van der Waals surface area contributed by atoms with Crippen molar-refractivity contribution in [2.24, 2.45) is 0 Å². The van der Waals surface area contributed by atoms with E-state index in [4.69, 9.17) is 4.74 Å². The van der Waals surface area contributed by atoms with Crippen molar-refractivity contribution in [3.05, 3.63) is 29.8 Å². The summed E-state index contributed by atoms with van der Waals surface area (Å²) in [7, 11) is 1.63. The van der Waals surface area contributed by atoms with Gasteiger partial charge in [0.2, 0.25) is 5.91 Å². The van der Waals surface area contributed by atoms with Crippen LogP contribution in [0.4, 0.5) is 0 Å². The largest absolute Gasteiger partial charge is 0.497 e. The van der Waals surface area contributed by atoms with Gasteiger partial charge in [-0.25, -0.2) is 0 Å². The Balaban J connectivity index is 0.00000106. The first-order valence-corrected chi connectivity index (χ1v) is 5.54. The summed E-state index contributed by atoms with van der Waals surface area (Å²) in [6.07, 6.45) is 0. The molecule has 3 nitrogen and oxygen atoms in total. The Labute approximate surface area is 97.8 Å². The van der Waals surface area contributed by atoms with Gasteiger partial charge in [0, 0.05) is 6.92 Å². The molecule has 1 amide bonds. The van der Waals surface area contributed by atoms with E-state index in [-0.39, 0.29) is 11.9 Å². The fourth-order valence-corrected chi connectivity index (χ4v) is 1.30. The molecule has 0 spiro atoms. The number of hydrogen-bond acceptors (Lipinski definition) is 2. The second-order valence-electron chi connectivity index (χ2n) is 3.20. The van der Waals surface area contributed by atoms with Gasteiger partial charge in [0.15, 0.2) is 0 Å². The van der Waals surface area contributed by atoms with E-state index >= 15 is 0 Å². The van der Waals surface area contributed by atoms with Gasteiger partial charge in [-0.15, -0.1) is 0 Å². The van der Waals surface area contributed by atoms with Gasteiger partial charge in [0.25, 0.3) is 0 Å². The Kier molecular flexibility index (Phi) is 7.01. The molecular weight excluding hydrogens is 202 g/mol. The van der Waals surface area contributed by atoms with Gasteiger partial charge in [-0.3, -0.25) is 4.79 Å². The molecule has 1 rings (SSSR count). The number of carbonyl (C=O) groups is 1. The molecule has 0 aromatic heterocycles. The summed E-state index contributed by atoms with van der Waals surface area (Å²) in [5.41, 5.74) is 1.04. The maximum Gasteiger partial charge on any atom is 0.217 e. The van der Waals surface area contributed by atoms with E-state index in [0.717, 1.165) is 11.3 Å². The quantitative estimate of drug-likeness (QED) is 0.855. The summed E-state index contributed by atoms with van der Waals surface area (Å²) >= 11 is 0. The lowest BCUT2D eigenvalue weighted by atomic mass is 10.1. The van der Waals surface area contributed by atoms with Crippen LogP contribution in [0.1, 0.15) is 39.3 Å². The van der Waals surface area contributed by atoms with Crippen LogP contribution in [0, 0.1) is 0 Å². The van der Waals surface area contributed by atoms with Crippen molar-refractivity contribution in [3.63, 3.8) is 0 Å². The summed E-state index contributed by atoms with van der Waals surface area (Å²) in [6.45, 7) is 7.45. The Morgan fingerprint density at radius 1 is 1.38 bits per heavy atom. The van der Waals surface area contributed by atoms with E-state index in [1.165, 1.54) is 6.92 Å². The molecular formula is C13H21NO2. The van der Waals surface area contributed by atoms with Crippen molar-refractivity contribution in [1.82, 2.24) is 5.32 Å². The highest BCUT2D eigenvalue weighted by atomic mass is 16.5. The molecule has 0 radical (unpaired) electrons. The first-order valence-electron chi connectivity index (χ1n) is 5.54. The molecule has 1 unspecified atom stereocenters. The van der Waals surface area contributed by atoms with Crippen LogP contribution in [-0.4, -0.2) is 13.0 Å². The van der Waals surface area contributed by atoms with Gasteiger partial charge in [-0.2, -0.15) is 0 Å².